The average Bonchev–Trinajstić information content (AvgIpc) is 2.40. The number of nitrogens with zero attached hydrogens (tertiary/aromatic N) is 4. The third kappa shape index (κ3) is 2.54. The minimum atomic E-state index is 0.229. The van der Waals surface area contributed by atoms with E-state index in [0.717, 1.165) is 0 Å². The van der Waals surface area contributed by atoms with E-state index in [2.05, 4.69) is 15.3 Å². The molecule has 2 aromatic rings. The highest BCUT2D eigenvalue weighted by Crippen LogP contribution is 2.23. The summed E-state index contributed by atoms with van der Waals surface area (Å²) in [6, 6.07) is 8.79. The predicted octanol–water partition coefficient (Wildman–Crippen LogP) is 2.62. The van der Waals surface area contributed by atoms with Crippen molar-refractivity contribution in [1.29, 1.82) is 10.5 Å². The maximum absolute atomic E-state index is 8.96. The van der Waals surface area contributed by atoms with Crippen molar-refractivity contribution in [3.05, 3.63) is 46.9 Å². The first-order chi connectivity index (χ1) is 8.72. The van der Waals surface area contributed by atoms with Gasteiger partial charge in [-0.3, -0.25) is 0 Å². The van der Waals surface area contributed by atoms with Crippen LogP contribution in [0.2, 0.25) is 5.02 Å². The van der Waals surface area contributed by atoms with E-state index >= 15 is 0 Å². The Morgan fingerprint density at radius 1 is 1.11 bits per heavy atom. The molecule has 18 heavy (non-hydrogen) atoms. The summed E-state index contributed by atoms with van der Waals surface area (Å²) in [5.74, 6) is 0.438. The van der Waals surface area contributed by atoms with E-state index in [1.165, 1.54) is 12.4 Å². The molecule has 1 N–H and O–H groups in total. The SMILES string of the molecule is N#Cc1cnc(Nc2cc(Cl)ccc2C#N)cn1. The van der Waals surface area contributed by atoms with Crippen LogP contribution in [0.4, 0.5) is 11.5 Å². The summed E-state index contributed by atoms with van der Waals surface area (Å²) in [6.45, 7) is 0. The zero-order chi connectivity index (χ0) is 13.0. The Labute approximate surface area is 108 Å². The van der Waals surface area contributed by atoms with Gasteiger partial charge in [0.15, 0.2) is 5.69 Å². The molecule has 1 aromatic heterocycles. The van der Waals surface area contributed by atoms with Crippen LogP contribution in [0, 0.1) is 22.7 Å². The van der Waals surface area contributed by atoms with Crippen molar-refractivity contribution >= 4 is 23.1 Å². The summed E-state index contributed by atoms with van der Waals surface area (Å²) >= 11 is 5.86. The van der Waals surface area contributed by atoms with Crippen molar-refractivity contribution in [1.82, 2.24) is 9.97 Å². The number of rotatable bonds is 2. The molecule has 0 aliphatic carbocycles. The zero-order valence-electron chi connectivity index (χ0n) is 9.05. The highest BCUT2D eigenvalue weighted by Gasteiger charge is 2.04. The molecule has 6 heteroatoms. The molecule has 1 aromatic carbocycles. The first-order valence-electron chi connectivity index (χ1n) is 4.92. The Morgan fingerprint density at radius 2 is 1.94 bits per heavy atom. The summed E-state index contributed by atoms with van der Waals surface area (Å²) in [7, 11) is 0. The third-order valence-electron chi connectivity index (χ3n) is 2.13. The molecule has 0 aliphatic rings. The van der Waals surface area contributed by atoms with Gasteiger partial charge in [0.05, 0.1) is 23.6 Å². The summed E-state index contributed by atoms with van der Waals surface area (Å²) in [4.78, 5) is 7.87. The average molecular weight is 256 g/mol. The van der Waals surface area contributed by atoms with Crippen molar-refractivity contribution in [2.45, 2.75) is 0 Å². The lowest BCUT2D eigenvalue weighted by molar-refractivity contribution is 1.16. The van der Waals surface area contributed by atoms with Crippen LogP contribution in [0.25, 0.3) is 0 Å². The summed E-state index contributed by atoms with van der Waals surface area (Å²) in [6.07, 6.45) is 2.76. The summed E-state index contributed by atoms with van der Waals surface area (Å²) in [5, 5.41) is 21.0. The van der Waals surface area contributed by atoms with E-state index in [9.17, 15) is 0 Å². The van der Waals surface area contributed by atoms with Crippen molar-refractivity contribution in [2.24, 2.45) is 0 Å². The van der Waals surface area contributed by atoms with Crippen LogP contribution in [0.15, 0.2) is 30.6 Å². The van der Waals surface area contributed by atoms with Crippen LogP contribution < -0.4 is 5.32 Å². The first-order valence-corrected chi connectivity index (χ1v) is 5.29. The molecule has 5 nitrogen and oxygen atoms in total. The van der Waals surface area contributed by atoms with Gasteiger partial charge in [0, 0.05) is 5.02 Å². The second-order valence-electron chi connectivity index (χ2n) is 3.33. The van der Waals surface area contributed by atoms with E-state index in [4.69, 9.17) is 22.1 Å². The van der Waals surface area contributed by atoms with Gasteiger partial charge in [0.1, 0.15) is 18.0 Å². The number of anilines is 2. The third-order valence-corrected chi connectivity index (χ3v) is 2.37. The fourth-order valence-corrected chi connectivity index (χ4v) is 1.48. The molecule has 86 valence electrons. The van der Waals surface area contributed by atoms with Gasteiger partial charge < -0.3 is 5.32 Å². The van der Waals surface area contributed by atoms with Gasteiger partial charge >= 0.3 is 0 Å². The topological polar surface area (TPSA) is 85.4 Å². The van der Waals surface area contributed by atoms with Gasteiger partial charge in [0.25, 0.3) is 0 Å². The quantitative estimate of drug-likeness (QED) is 0.891. The number of halogens is 1. The molecule has 1 heterocycles. The molecule has 0 saturated heterocycles. The Morgan fingerprint density at radius 3 is 2.56 bits per heavy atom. The van der Waals surface area contributed by atoms with E-state index in [1.807, 2.05) is 12.1 Å². The van der Waals surface area contributed by atoms with Crippen molar-refractivity contribution in [3.8, 4) is 12.1 Å². The maximum Gasteiger partial charge on any atom is 0.158 e. The van der Waals surface area contributed by atoms with Gasteiger partial charge in [-0.25, -0.2) is 9.97 Å². The molecule has 0 bridgehead atoms. The molecular formula is C12H6ClN5. The van der Waals surface area contributed by atoms with E-state index in [-0.39, 0.29) is 5.69 Å². The maximum atomic E-state index is 8.96. The van der Waals surface area contributed by atoms with Crippen LogP contribution in [0.1, 0.15) is 11.3 Å². The lowest BCUT2D eigenvalue weighted by Crippen LogP contribution is -1.97. The van der Waals surface area contributed by atoms with Crippen LogP contribution >= 0.6 is 11.6 Å². The van der Waals surface area contributed by atoms with Crippen LogP contribution in [-0.4, -0.2) is 9.97 Å². The van der Waals surface area contributed by atoms with E-state index < -0.39 is 0 Å². The fraction of sp³-hybridized carbons (Fsp3) is 0. The van der Waals surface area contributed by atoms with Crippen molar-refractivity contribution in [2.75, 3.05) is 5.32 Å². The van der Waals surface area contributed by atoms with Crippen LogP contribution in [0.5, 0.6) is 0 Å². The van der Waals surface area contributed by atoms with Crippen LogP contribution in [0.3, 0.4) is 0 Å². The Balaban J connectivity index is 2.31. The second-order valence-corrected chi connectivity index (χ2v) is 3.76. The highest BCUT2D eigenvalue weighted by molar-refractivity contribution is 6.30. The van der Waals surface area contributed by atoms with Gasteiger partial charge in [0.2, 0.25) is 0 Å². The molecule has 0 spiro atoms. The Hall–Kier alpha value is -2.63. The smallest absolute Gasteiger partial charge is 0.158 e. The molecule has 0 saturated carbocycles. The van der Waals surface area contributed by atoms with Gasteiger partial charge in [-0.2, -0.15) is 10.5 Å². The second kappa shape index (κ2) is 5.13. The molecule has 0 radical (unpaired) electrons. The molecule has 0 atom stereocenters. The van der Waals surface area contributed by atoms with E-state index in [0.29, 0.717) is 22.1 Å². The molecule has 0 unspecified atom stereocenters. The number of benzene rings is 1. The predicted molar refractivity (Wildman–Crippen MR) is 66.2 cm³/mol. The minimum Gasteiger partial charge on any atom is -0.338 e. The molecular weight excluding hydrogens is 250 g/mol. The lowest BCUT2D eigenvalue weighted by Gasteiger charge is -2.07. The largest absolute Gasteiger partial charge is 0.338 e. The first kappa shape index (κ1) is 11.8. The molecule has 0 fully saturated rings. The standard InChI is InChI=1S/C12H6ClN5/c13-9-2-1-8(4-14)11(3-9)18-12-7-16-10(5-15)6-17-12/h1-3,6-7H,(H,17,18). The zero-order valence-corrected chi connectivity index (χ0v) is 9.81. The van der Waals surface area contributed by atoms with E-state index in [1.54, 1.807) is 18.2 Å². The fourth-order valence-electron chi connectivity index (χ4n) is 1.31. The Bertz CT molecular complexity index is 652. The van der Waals surface area contributed by atoms with Gasteiger partial charge in [-0.05, 0) is 18.2 Å². The number of nitriles is 2. The molecule has 0 aliphatic heterocycles. The number of nitrogens with one attached hydrogen (secondary N) is 1. The lowest BCUT2D eigenvalue weighted by atomic mass is 10.2. The molecule has 2 rings (SSSR count). The minimum absolute atomic E-state index is 0.229. The highest BCUT2D eigenvalue weighted by atomic mass is 35.5. The molecule has 0 amide bonds. The van der Waals surface area contributed by atoms with Gasteiger partial charge in [-0.1, -0.05) is 11.6 Å². The number of aromatic nitrogens is 2. The van der Waals surface area contributed by atoms with Crippen molar-refractivity contribution < 1.29 is 0 Å². The number of hydrogen-bond acceptors (Lipinski definition) is 5. The van der Waals surface area contributed by atoms with Crippen LogP contribution in [-0.2, 0) is 0 Å². The monoisotopic (exact) mass is 255 g/mol. The normalized spacial score (nSPS) is 9.28. The summed E-state index contributed by atoms with van der Waals surface area (Å²) in [5.41, 5.74) is 1.22. The summed E-state index contributed by atoms with van der Waals surface area (Å²) < 4.78 is 0. The Kier molecular flexibility index (Phi) is 3.38. The van der Waals surface area contributed by atoms with Gasteiger partial charge in [-0.15, -0.1) is 0 Å². The number of hydrogen-bond donors (Lipinski definition) is 1. The van der Waals surface area contributed by atoms with Crippen molar-refractivity contribution in [3.63, 3.8) is 0 Å².